The summed E-state index contributed by atoms with van der Waals surface area (Å²) in [5, 5.41) is 0. The zero-order valence-electron chi connectivity index (χ0n) is 14.9. The summed E-state index contributed by atoms with van der Waals surface area (Å²) in [6.07, 6.45) is 8.92. The maximum absolute atomic E-state index is 12.4. The number of benzene rings is 1. The first-order chi connectivity index (χ1) is 11.2. The number of ether oxygens (including phenoxy) is 1. The van der Waals surface area contributed by atoms with E-state index in [0.717, 1.165) is 63.1 Å². The van der Waals surface area contributed by atoms with Crippen LogP contribution in [0.5, 0.6) is 5.75 Å². The minimum absolute atomic E-state index is 0.109. The van der Waals surface area contributed by atoms with Crippen LogP contribution < -0.4 is 4.74 Å². The van der Waals surface area contributed by atoms with E-state index in [0.29, 0.717) is 0 Å². The maximum atomic E-state index is 12.4. The standard InChI is InChI=1S/C20H31NO2/c1-4-7-15-21(16-8-5-2)20(22)14-11-18-9-12-19(13-10-18)23-17-6-3/h9-14H,4-8,15-17H2,1-3H3/b14-11+. The Morgan fingerprint density at radius 2 is 1.61 bits per heavy atom. The highest BCUT2D eigenvalue weighted by molar-refractivity contribution is 5.91. The van der Waals surface area contributed by atoms with E-state index in [2.05, 4.69) is 20.8 Å². The van der Waals surface area contributed by atoms with Crippen molar-refractivity contribution in [3.8, 4) is 5.75 Å². The van der Waals surface area contributed by atoms with Crippen LogP contribution in [0.25, 0.3) is 6.08 Å². The van der Waals surface area contributed by atoms with Gasteiger partial charge in [-0.05, 0) is 43.0 Å². The normalized spacial score (nSPS) is 10.9. The van der Waals surface area contributed by atoms with Gasteiger partial charge in [-0.1, -0.05) is 45.7 Å². The predicted octanol–water partition coefficient (Wildman–Crippen LogP) is 4.92. The minimum Gasteiger partial charge on any atom is -0.494 e. The fourth-order valence-electron chi connectivity index (χ4n) is 2.20. The van der Waals surface area contributed by atoms with E-state index in [1.807, 2.05) is 35.2 Å². The van der Waals surface area contributed by atoms with Crippen molar-refractivity contribution in [2.75, 3.05) is 19.7 Å². The van der Waals surface area contributed by atoms with Crippen LogP contribution in [0.1, 0.15) is 58.4 Å². The Balaban J connectivity index is 2.59. The van der Waals surface area contributed by atoms with E-state index in [9.17, 15) is 4.79 Å². The Morgan fingerprint density at radius 3 is 2.13 bits per heavy atom. The molecule has 0 saturated heterocycles. The number of carbonyl (C=O) groups is 1. The molecule has 0 spiro atoms. The van der Waals surface area contributed by atoms with Gasteiger partial charge in [0.05, 0.1) is 6.61 Å². The fourth-order valence-corrected chi connectivity index (χ4v) is 2.20. The number of nitrogens with zero attached hydrogens (tertiary/aromatic N) is 1. The fraction of sp³-hybridized carbons (Fsp3) is 0.550. The molecule has 0 radical (unpaired) electrons. The topological polar surface area (TPSA) is 29.5 Å². The number of unbranched alkanes of at least 4 members (excludes halogenated alkanes) is 2. The highest BCUT2D eigenvalue weighted by atomic mass is 16.5. The van der Waals surface area contributed by atoms with Gasteiger partial charge in [0.25, 0.3) is 0 Å². The quantitative estimate of drug-likeness (QED) is 0.542. The molecule has 0 aliphatic rings. The Hall–Kier alpha value is -1.77. The third kappa shape index (κ3) is 7.87. The van der Waals surface area contributed by atoms with Gasteiger partial charge in [-0.3, -0.25) is 4.79 Å². The molecule has 0 unspecified atom stereocenters. The third-order valence-electron chi connectivity index (χ3n) is 3.65. The van der Waals surface area contributed by atoms with Gasteiger partial charge < -0.3 is 9.64 Å². The van der Waals surface area contributed by atoms with Crippen molar-refractivity contribution in [2.45, 2.75) is 52.9 Å². The second-order valence-corrected chi connectivity index (χ2v) is 5.78. The molecule has 3 nitrogen and oxygen atoms in total. The zero-order valence-corrected chi connectivity index (χ0v) is 14.9. The van der Waals surface area contributed by atoms with E-state index in [4.69, 9.17) is 4.74 Å². The molecule has 0 aliphatic carbocycles. The van der Waals surface area contributed by atoms with Crippen molar-refractivity contribution in [3.63, 3.8) is 0 Å². The molecule has 1 amide bonds. The van der Waals surface area contributed by atoms with Crippen LogP contribution in [0.4, 0.5) is 0 Å². The van der Waals surface area contributed by atoms with E-state index < -0.39 is 0 Å². The van der Waals surface area contributed by atoms with Crippen LogP contribution in [0.2, 0.25) is 0 Å². The Bertz CT molecular complexity index is 457. The lowest BCUT2D eigenvalue weighted by Gasteiger charge is -2.20. The Morgan fingerprint density at radius 1 is 1.00 bits per heavy atom. The summed E-state index contributed by atoms with van der Waals surface area (Å²) in [7, 11) is 0. The van der Waals surface area contributed by atoms with Gasteiger partial charge in [0.15, 0.2) is 0 Å². The van der Waals surface area contributed by atoms with Crippen molar-refractivity contribution in [3.05, 3.63) is 35.9 Å². The molecule has 0 heterocycles. The molecule has 0 saturated carbocycles. The lowest BCUT2D eigenvalue weighted by atomic mass is 10.2. The van der Waals surface area contributed by atoms with Crippen LogP contribution in [-0.2, 0) is 4.79 Å². The predicted molar refractivity (Wildman–Crippen MR) is 97.7 cm³/mol. The second-order valence-electron chi connectivity index (χ2n) is 5.78. The summed E-state index contributed by atoms with van der Waals surface area (Å²) in [5.41, 5.74) is 1.02. The average molecular weight is 317 g/mol. The van der Waals surface area contributed by atoms with Crippen molar-refractivity contribution in [1.82, 2.24) is 4.90 Å². The molecular formula is C20H31NO2. The molecule has 0 aromatic heterocycles. The molecule has 23 heavy (non-hydrogen) atoms. The highest BCUT2D eigenvalue weighted by Crippen LogP contribution is 2.13. The number of amides is 1. The van der Waals surface area contributed by atoms with Crippen LogP contribution in [0, 0.1) is 0 Å². The highest BCUT2D eigenvalue weighted by Gasteiger charge is 2.08. The van der Waals surface area contributed by atoms with Crippen molar-refractivity contribution < 1.29 is 9.53 Å². The Kier molecular flexibility index (Phi) is 9.85. The molecule has 1 aromatic rings. The lowest BCUT2D eigenvalue weighted by molar-refractivity contribution is -0.126. The van der Waals surface area contributed by atoms with Gasteiger partial charge >= 0.3 is 0 Å². The molecule has 128 valence electrons. The van der Waals surface area contributed by atoms with Crippen LogP contribution in [0.15, 0.2) is 30.3 Å². The van der Waals surface area contributed by atoms with Crippen LogP contribution in [-0.4, -0.2) is 30.5 Å². The lowest BCUT2D eigenvalue weighted by Crippen LogP contribution is -2.31. The molecule has 1 rings (SSSR count). The largest absolute Gasteiger partial charge is 0.494 e. The molecule has 1 aromatic carbocycles. The number of hydrogen-bond acceptors (Lipinski definition) is 2. The zero-order chi connectivity index (χ0) is 16.9. The summed E-state index contributed by atoms with van der Waals surface area (Å²) in [6, 6.07) is 7.87. The first-order valence-corrected chi connectivity index (χ1v) is 8.91. The van der Waals surface area contributed by atoms with Crippen LogP contribution >= 0.6 is 0 Å². The monoisotopic (exact) mass is 317 g/mol. The summed E-state index contributed by atoms with van der Waals surface area (Å²) in [4.78, 5) is 14.3. The summed E-state index contributed by atoms with van der Waals surface area (Å²) in [5.74, 6) is 0.987. The molecule has 3 heteroatoms. The van der Waals surface area contributed by atoms with Gasteiger partial charge in [-0.2, -0.15) is 0 Å². The van der Waals surface area contributed by atoms with E-state index >= 15 is 0 Å². The van der Waals surface area contributed by atoms with Gasteiger partial charge in [0, 0.05) is 19.2 Å². The number of rotatable bonds is 11. The molecule has 0 bridgehead atoms. The van der Waals surface area contributed by atoms with Gasteiger partial charge in [-0.25, -0.2) is 0 Å². The molecular weight excluding hydrogens is 286 g/mol. The van der Waals surface area contributed by atoms with Crippen molar-refractivity contribution >= 4 is 12.0 Å². The van der Waals surface area contributed by atoms with Crippen molar-refractivity contribution in [1.29, 1.82) is 0 Å². The first-order valence-electron chi connectivity index (χ1n) is 8.91. The van der Waals surface area contributed by atoms with Gasteiger partial charge in [0.1, 0.15) is 5.75 Å². The maximum Gasteiger partial charge on any atom is 0.246 e. The van der Waals surface area contributed by atoms with Gasteiger partial charge in [-0.15, -0.1) is 0 Å². The van der Waals surface area contributed by atoms with E-state index in [1.165, 1.54) is 0 Å². The molecule has 0 N–H and O–H groups in total. The average Bonchev–Trinajstić information content (AvgIpc) is 2.59. The second kappa shape index (κ2) is 11.8. The molecule has 0 aliphatic heterocycles. The van der Waals surface area contributed by atoms with Crippen molar-refractivity contribution in [2.24, 2.45) is 0 Å². The van der Waals surface area contributed by atoms with Crippen LogP contribution in [0.3, 0.4) is 0 Å². The number of hydrogen-bond donors (Lipinski definition) is 0. The third-order valence-corrected chi connectivity index (χ3v) is 3.65. The first kappa shape index (κ1) is 19.3. The van der Waals surface area contributed by atoms with Gasteiger partial charge in [0.2, 0.25) is 5.91 Å². The SMILES string of the molecule is CCCCN(CCCC)C(=O)/C=C/c1ccc(OCCC)cc1. The molecule has 0 atom stereocenters. The summed E-state index contributed by atoms with van der Waals surface area (Å²) < 4.78 is 5.56. The minimum atomic E-state index is 0.109. The number of carbonyl (C=O) groups excluding carboxylic acids is 1. The molecule has 0 fully saturated rings. The van der Waals surface area contributed by atoms with E-state index in [1.54, 1.807) is 6.08 Å². The smallest absolute Gasteiger partial charge is 0.246 e. The van der Waals surface area contributed by atoms with E-state index in [-0.39, 0.29) is 5.91 Å². The summed E-state index contributed by atoms with van der Waals surface area (Å²) >= 11 is 0. The summed E-state index contributed by atoms with van der Waals surface area (Å²) in [6.45, 7) is 8.83. The Labute approximate surface area is 141 Å².